The summed E-state index contributed by atoms with van der Waals surface area (Å²) in [5.74, 6) is 1.56. The molecule has 35 heavy (non-hydrogen) atoms. The first-order valence-electron chi connectivity index (χ1n) is 11.0. The third kappa shape index (κ3) is 7.40. The molecule has 3 aromatic carbocycles. The number of hydrogen-bond acceptors (Lipinski definition) is 5. The minimum atomic E-state index is -4.01. The third-order valence-corrected chi connectivity index (χ3v) is 8.39. The first-order valence-corrected chi connectivity index (χ1v) is 14.0. The molecule has 0 unspecified atom stereocenters. The maximum Gasteiger partial charge on any atom is 0.264 e. The zero-order valence-corrected chi connectivity index (χ0v) is 22.3. The van der Waals surface area contributed by atoms with Gasteiger partial charge in [-0.3, -0.25) is 9.10 Å². The number of methoxy groups -OCH3 is 1. The summed E-state index contributed by atoms with van der Waals surface area (Å²) in [5, 5.41) is 3.08. The van der Waals surface area contributed by atoms with Gasteiger partial charge in [-0.2, -0.15) is 11.8 Å². The van der Waals surface area contributed by atoms with Crippen LogP contribution in [0.1, 0.15) is 16.7 Å². The van der Waals surface area contributed by atoms with Crippen molar-refractivity contribution < 1.29 is 17.9 Å². The monoisotopic (exact) mass is 532 g/mol. The summed E-state index contributed by atoms with van der Waals surface area (Å²) in [4.78, 5) is 12.8. The van der Waals surface area contributed by atoms with Crippen molar-refractivity contribution in [2.75, 3.05) is 30.3 Å². The Morgan fingerprint density at radius 2 is 1.63 bits per heavy atom. The van der Waals surface area contributed by atoms with E-state index in [1.807, 2.05) is 6.92 Å². The van der Waals surface area contributed by atoms with Crippen LogP contribution in [0.25, 0.3) is 0 Å². The number of carbonyl (C=O) groups excluding carboxylic acids is 1. The van der Waals surface area contributed by atoms with E-state index in [0.717, 1.165) is 15.6 Å². The number of ether oxygens (including phenoxy) is 1. The molecule has 1 N–H and O–H groups in total. The topological polar surface area (TPSA) is 75.7 Å². The molecule has 0 aromatic heterocycles. The van der Waals surface area contributed by atoms with Crippen molar-refractivity contribution >= 4 is 45.0 Å². The number of thioether (sulfide) groups is 1. The quantitative estimate of drug-likeness (QED) is 0.343. The molecule has 0 saturated carbocycles. The number of aryl methyl sites for hydroxylation is 2. The molecule has 3 rings (SSSR count). The lowest BCUT2D eigenvalue weighted by Gasteiger charge is -2.24. The van der Waals surface area contributed by atoms with E-state index >= 15 is 0 Å². The summed E-state index contributed by atoms with van der Waals surface area (Å²) >= 11 is 7.96. The first-order chi connectivity index (χ1) is 16.7. The third-order valence-electron chi connectivity index (χ3n) is 5.28. The van der Waals surface area contributed by atoms with Crippen molar-refractivity contribution in [1.82, 2.24) is 5.32 Å². The van der Waals surface area contributed by atoms with Crippen LogP contribution in [0, 0.1) is 13.8 Å². The highest BCUT2D eigenvalue weighted by Crippen LogP contribution is 2.32. The Balaban J connectivity index is 1.69. The van der Waals surface area contributed by atoms with Crippen LogP contribution in [-0.2, 0) is 20.6 Å². The zero-order valence-electron chi connectivity index (χ0n) is 20.0. The van der Waals surface area contributed by atoms with Gasteiger partial charge < -0.3 is 10.1 Å². The van der Waals surface area contributed by atoms with Gasteiger partial charge in [0.25, 0.3) is 10.0 Å². The summed E-state index contributed by atoms with van der Waals surface area (Å²) < 4.78 is 33.2. The first kappa shape index (κ1) is 26.9. The Labute approximate surface area is 216 Å². The second-order valence-electron chi connectivity index (χ2n) is 8.03. The van der Waals surface area contributed by atoms with Crippen molar-refractivity contribution in [1.29, 1.82) is 0 Å². The largest absolute Gasteiger partial charge is 0.495 e. The normalized spacial score (nSPS) is 11.2. The molecule has 0 aliphatic heterocycles. The highest BCUT2D eigenvalue weighted by atomic mass is 35.5. The Hall–Kier alpha value is -2.68. The molecular weight excluding hydrogens is 504 g/mol. The van der Waals surface area contributed by atoms with Gasteiger partial charge in [-0.1, -0.05) is 59.1 Å². The molecule has 1 amide bonds. The molecule has 0 heterocycles. The molecule has 0 fully saturated rings. The highest BCUT2D eigenvalue weighted by Gasteiger charge is 2.27. The van der Waals surface area contributed by atoms with E-state index in [2.05, 4.69) is 36.5 Å². The number of rotatable bonds is 11. The Bertz CT molecular complexity index is 1250. The Kier molecular flexibility index (Phi) is 9.48. The number of sulfonamides is 1. The minimum absolute atomic E-state index is 0.0940. The smallest absolute Gasteiger partial charge is 0.264 e. The number of amides is 1. The number of carbonyl (C=O) groups is 1. The van der Waals surface area contributed by atoms with Crippen LogP contribution in [-0.4, -0.2) is 40.3 Å². The van der Waals surface area contributed by atoms with Crippen molar-refractivity contribution in [2.45, 2.75) is 24.5 Å². The summed E-state index contributed by atoms with van der Waals surface area (Å²) in [5.41, 5.74) is 3.65. The highest BCUT2D eigenvalue weighted by molar-refractivity contribution is 7.98. The summed E-state index contributed by atoms with van der Waals surface area (Å²) in [6.07, 6.45) is 0. The van der Waals surface area contributed by atoms with E-state index in [-0.39, 0.29) is 22.2 Å². The van der Waals surface area contributed by atoms with E-state index in [0.29, 0.717) is 18.0 Å². The van der Waals surface area contributed by atoms with E-state index in [9.17, 15) is 13.2 Å². The fraction of sp³-hybridized carbons (Fsp3) is 0.269. The molecule has 0 aliphatic rings. The number of anilines is 1. The van der Waals surface area contributed by atoms with Gasteiger partial charge >= 0.3 is 0 Å². The van der Waals surface area contributed by atoms with Gasteiger partial charge in [-0.25, -0.2) is 8.42 Å². The van der Waals surface area contributed by atoms with Crippen LogP contribution in [0.4, 0.5) is 5.69 Å². The maximum atomic E-state index is 13.5. The van der Waals surface area contributed by atoms with Gasteiger partial charge in [0.1, 0.15) is 12.3 Å². The fourth-order valence-corrected chi connectivity index (χ4v) is 5.77. The molecule has 0 aliphatic carbocycles. The minimum Gasteiger partial charge on any atom is -0.495 e. The van der Waals surface area contributed by atoms with Crippen LogP contribution in [0.5, 0.6) is 5.75 Å². The Morgan fingerprint density at radius 3 is 2.23 bits per heavy atom. The van der Waals surface area contributed by atoms with Gasteiger partial charge in [0, 0.05) is 18.1 Å². The average molecular weight is 533 g/mol. The fourth-order valence-electron chi connectivity index (χ4n) is 3.29. The molecule has 0 atom stereocenters. The Morgan fingerprint density at radius 1 is 1.00 bits per heavy atom. The standard InChI is InChI=1S/C26H29ClN2O4S2/c1-19-4-8-21(9-5-19)18-34-15-14-28-26(30)17-29(22-10-13-25(33-3)24(27)16-22)35(31,32)23-11-6-20(2)7-12-23/h4-13,16H,14-15,17-18H2,1-3H3,(H,28,30). The lowest BCUT2D eigenvalue weighted by molar-refractivity contribution is -0.119. The molecule has 3 aromatic rings. The molecule has 0 saturated heterocycles. The van der Waals surface area contributed by atoms with Crippen LogP contribution in [0.2, 0.25) is 5.02 Å². The molecule has 0 bridgehead atoms. The van der Waals surface area contributed by atoms with E-state index in [1.54, 1.807) is 36.0 Å². The summed E-state index contributed by atoms with van der Waals surface area (Å²) in [6.45, 7) is 3.98. The maximum absolute atomic E-state index is 13.5. The lowest BCUT2D eigenvalue weighted by Crippen LogP contribution is -2.41. The van der Waals surface area contributed by atoms with Crippen molar-refractivity contribution in [2.24, 2.45) is 0 Å². The van der Waals surface area contributed by atoms with Crippen LogP contribution in [0.15, 0.2) is 71.6 Å². The number of nitrogens with one attached hydrogen (secondary N) is 1. The second-order valence-corrected chi connectivity index (χ2v) is 11.4. The molecule has 0 radical (unpaired) electrons. The van der Waals surface area contributed by atoms with Crippen molar-refractivity contribution in [3.05, 3.63) is 88.4 Å². The number of hydrogen-bond donors (Lipinski definition) is 1. The van der Waals surface area contributed by atoms with Crippen LogP contribution in [0.3, 0.4) is 0 Å². The van der Waals surface area contributed by atoms with Gasteiger partial charge in [0.05, 0.1) is 22.7 Å². The van der Waals surface area contributed by atoms with Crippen LogP contribution >= 0.6 is 23.4 Å². The SMILES string of the molecule is COc1ccc(N(CC(=O)NCCSCc2ccc(C)cc2)S(=O)(=O)c2ccc(C)cc2)cc1Cl. The number of nitrogens with zero attached hydrogens (tertiary/aromatic N) is 1. The molecular formula is C26H29ClN2O4S2. The number of benzene rings is 3. The molecule has 186 valence electrons. The van der Waals surface area contributed by atoms with Gasteiger partial charge in [-0.05, 0) is 49.7 Å². The summed E-state index contributed by atoms with van der Waals surface area (Å²) in [7, 11) is -2.53. The van der Waals surface area contributed by atoms with Gasteiger partial charge in [0.15, 0.2) is 0 Å². The van der Waals surface area contributed by atoms with E-state index in [4.69, 9.17) is 16.3 Å². The second kappa shape index (κ2) is 12.3. The average Bonchev–Trinajstić information content (AvgIpc) is 2.83. The van der Waals surface area contributed by atoms with Crippen LogP contribution < -0.4 is 14.4 Å². The van der Waals surface area contributed by atoms with E-state index < -0.39 is 15.9 Å². The van der Waals surface area contributed by atoms with Crippen molar-refractivity contribution in [3.8, 4) is 5.75 Å². The van der Waals surface area contributed by atoms with Gasteiger partial charge in [-0.15, -0.1) is 0 Å². The molecule has 0 spiro atoms. The molecule has 9 heteroatoms. The molecule has 6 nitrogen and oxygen atoms in total. The zero-order chi connectivity index (χ0) is 25.4. The van der Waals surface area contributed by atoms with Crippen molar-refractivity contribution in [3.63, 3.8) is 0 Å². The van der Waals surface area contributed by atoms with E-state index in [1.165, 1.54) is 36.4 Å². The summed E-state index contributed by atoms with van der Waals surface area (Å²) in [6, 6.07) is 19.5. The lowest BCUT2D eigenvalue weighted by atomic mass is 10.2. The predicted molar refractivity (Wildman–Crippen MR) is 144 cm³/mol. The number of halogens is 1. The predicted octanol–water partition coefficient (Wildman–Crippen LogP) is 5.21. The van der Waals surface area contributed by atoms with Gasteiger partial charge in [0.2, 0.25) is 5.91 Å².